The Bertz CT molecular complexity index is 364. The van der Waals surface area contributed by atoms with Crippen molar-refractivity contribution in [3.05, 3.63) is 35.9 Å². The highest BCUT2D eigenvalue weighted by Crippen LogP contribution is 2.18. The molecule has 0 amide bonds. The number of benzene rings is 1. The molecule has 0 heterocycles. The molecule has 0 radical (unpaired) electrons. The summed E-state index contributed by atoms with van der Waals surface area (Å²) < 4.78 is 0. The number of rotatable bonds is 7. The molecule has 1 aliphatic carbocycles. The van der Waals surface area contributed by atoms with Gasteiger partial charge in [0.2, 0.25) is 0 Å². The molecular formula is C17H29N3. The van der Waals surface area contributed by atoms with Crippen molar-refractivity contribution in [3.63, 3.8) is 0 Å². The molecule has 0 bridgehead atoms. The van der Waals surface area contributed by atoms with Crippen molar-refractivity contribution in [1.29, 1.82) is 0 Å². The van der Waals surface area contributed by atoms with Crippen LogP contribution in [0.5, 0.6) is 0 Å². The van der Waals surface area contributed by atoms with Gasteiger partial charge in [-0.2, -0.15) is 0 Å². The molecule has 3 nitrogen and oxygen atoms in total. The summed E-state index contributed by atoms with van der Waals surface area (Å²) in [6, 6.07) is 11.9. The molecule has 3 heteroatoms. The van der Waals surface area contributed by atoms with Crippen LogP contribution in [-0.2, 0) is 6.42 Å². The van der Waals surface area contributed by atoms with Gasteiger partial charge in [-0.3, -0.25) is 0 Å². The second-order valence-corrected chi connectivity index (χ2v) is 5.91. The summed E-state index contributed by atoms with van der Waals surface area (Å²) in [6.07, 6.45) is 6.21. The summed E-state index contributed by atoms with van der Waals surface area (Å²) in [7, 11) is 0. The van der Waals surface area contributed by atoms with Gasteiger partial charge in [-0.25, -0.2) is 0 Å². The first kappa shape index (κ1) is 15.5. The molecule has 0 spiro atoms. The third kappa shape index (κ3) is 4.89. The van der Waals surface area contributed by atoms with Crippen molar-refractivity contribution >= 4 is 0 Å². The number of hydrogen-bond acceptors (Lipinski definition) is 3. The highest BCUT2D eigenvalue weighted by molar-refractivity contribution is 5.15. The van der Waals surface area contributed by atoms with Gasteiger partial charge >= 0.3 is 0 Å². The summed E-state index contributed by atoms with van der Waals surface area (Å²) in [5.41, 5.74) is 7.59. The van der Waals surface area contributed by atoms with E-state index in [0.29, 0.717) is 12.1 Å². The van der Waals surface area contributed by atoms with Gasteiger partial charge in [-0.15, -0.1) is 0 Å². The van der Waals surface area contributed by atoms with Crippen LogP contribution in [0.25, 0.3) is 0 Å². The zero-order valence-electron chi connectivity index (χ0n) is 12.6. The van der Waals surface area contributed by atoms with Gasteiger partial charge in [0.15, 0.2) is 0 Å². The van der Waals surface area contributed by atoms with Crippen LogP contribution >= 0.6 is 0 Å². The van der Waals surface area contributed by atoms with Crippen molar-refractivity contribution < 1.29 is 0 Å². The molecule has 20 heavy (non-hydrogen) atoms. The minimum atomic E-state index is 0.196. The Morgan fingerprint density at radius 2 is 1.75 bits per heavy atom. The Balaban J connectivity index is 1.75. The maximum Gasteiger partial charge on any atom is 0.0221 e. The van der Waals surface area contributed by atoms with Crippen LogP contribution in [0.3, 0.4) is 0 Å². The lowest BCUT2D eigenvalue weighted by Gasteiger charge is -2.33. The monoisotopic (exact) mass is 275 g/mol. The van der Waals surface area contributed by atoms with E-state index in [9.17, 15) is 0 Å². The Kier molecular flexibility index (Phi) is 6.51. The Labute approximate surface area is 123 Å². The van der Waals surface area contributed by atoms with Crippen molar-refractivity contribution in [2.75, 3.05) is 13.1 Å². The van der Waals surface area contributed by atoms with Crippen LogP contribution in [0.4, 0.5) is 0 Å². The summed E-state index contributed by atoms with van der Waals surface area (Å²) in [6.45, 7) is 4.15. The molecule has 0 aromatic heterocycles. The minimum absolute atomic E-state index is 0.196. The number of nitrogens with one attached hydrogen (secondary N) is 2. The normalized spacial score (nSPS) is 24.5. The zero-order valence-corrected chi connectivity index (χ0v) is 12.6. The molecule has 0 aliphatic heterocycles. The topological polar surface area (TPSA) is 50.1 Å². The molecule has 1 aromatic carbocycles. The molecule has 1 aromatic rings. The molecule has 2 rings (SSSR count). The van der Waals surface area contributed by atoms with E-state index in [4.69, 9.17) is 5.73 Å². The first-order valence-corrected chi connectivity index (χ1v) is 8.06. The van der Waals surface area contributed by atoms with Gasteiger partial charge in [0.05, 0.1) is 0 Å². The van der Waals surface area contributed by atoms with Crippen LogP contribution in [-0.4, -0.2) is 31.2 Å². The maximum absolute atomic E-state index is 6.26. The average Bonchev–Trinajstić information content (AvgIpc) is 2.48. The van der Waals surface area contributed by atoms with Crippen LogP contribution in [0.15, 0.2) is 30.3 Å². The zero-order chi connectivity index (χ0) is 14.2. The van der Waals surface area contributed by atoms with Crippen LogP contribution in [0.2, 0.25) is 0 Å². The molecule has 4 N–H and O–H groups in total. The molecule has 1 fully saturated rings. The van der Waals surface area contributed by atoms with Gasteiger partial charge in [0.1, 0.15) is 0 Å². The fourth-order valence-electron chi connectivity index (χ4n) is 3.17. The number of hydrogen-bond donors (Lipinski definition) is 3. The summed E-state index contributed by atoms with van der Waals surface area (Å²) >= 11 is 0. The highest BCUT2D eigenvalue weighted by Gasteiger charge is 2.24. The van der Waals surface area contributed by atoms with E-state index >= 15 is 0 Å². The summed E-state index contributed by atoms with van der Waals surface area (Å²) in [5, 5.41) is 7.29. The van der Waals surface area contributed by atoms with Gasteiger partial charge < -0.3 is 16.4 Å². The fourth-order valence-corrected chi connectivity index (χ4v) is 3.17. The van der Waals surface area contributed by atoms with Gasteiger partial charge in [-0.05, 0) is 31.4 Å². The van der Waals surface area contributed by atoms with Crippen molar-refractivity contribution in [2.45, 2.75) is 57.2 Å². The largest absolute Gasteiger partial charge is 0.326 e. The molecule has 3 atom stereocenters. The lowest BCUT2D eigenvalue weighted by molar-refractivity contribution is 0.283. The molecule has 1 aliphatic rings. The van der Waals surface area contributed by atoms with Crippen molar-refractivity contribution in [1.82, 2.24) is 10.6 Å². The second-order valence-electron chi connectivity index (χ2n) is 5.91. The van der Waals surface area contributed by atoms with Crippen molar-refractivity contribution in [3.8, 4) is 0 Å². The smallest absolute Gasteiger partial charge is 0.0221 e. The van der Waals surface area contributed by atoms with E-state index in [2.05, 4.69) is 47.9 Å². The Hall–Kier alpha value is -0.900. The first-order valence-electron chi connectivity index (χ1n) is 8.06. The predicted molar refractivity (Wildman–Crippen MR) is 85.8 cm³/mol. The van der Waals surface area contributed by atoms with E-state index in [-0.39, 0.29) is 6.04 Å². The standard InChI is InChI=1S/C17H29N3/c1-2-19-16-10-6-7-11-17(16)20-13-15(18)12-14-8-4-3-5-9-14/h3-5,8-9,15-17,19-20H,2,6-7,10-13,18H2,1H3/t15-,16+,17+/m0/s1. The summed E-state index contributed by atoms with van der Waals surface area (Å²) in [5.74, 6) is 0. The van der Waals surface area contributed by atoms with Gasteiger partial charge in [0, 0.05) is 24.7 Å². The molecule has 0 saturated heterocycles. The maximum atomic E-state index is 6.26. The van der Waals surface area contributed by atoms with Gasteiger partial charge in [-0.1, -0.05) is 50.1 Å². The number of likely N-dealkylation sites (N-methyl/N-ethyl adjacent to an activating group) is 1. The van der Waals surface area contributed by atoms with Gasteiger partial charge in [0.25, 0.3) is 0 Å². The lowest BCUT2D eigenvalue weighted by atomic mass is 9.90. The van der Waals surface area contributed by atoms with E-state index in [1.807, 2.05) is 0 Å². The number of nitrogens with two attached hydrogens (primary N) is 1. The minimum Gasteiger partial charge on any atom is -0.326 e. The fraction of sp³-hybridized carbons (Fsp3) is 0.647. The molecule has 112 valence electrons. The van der Waals surface area contributed by atoms with Crippen LogP contribution in [0.1, 0.15) is 38.2 Å². The molecular weight excluding hydrogens is 246 g/mol. The average molecular weight is 275 g/mol. The third-order valence-electron chi connectivity index (χ3n) is 4.22. The van der Waals surface area contributed by atoms with Crippen LogP contribution in [0, 0.1) is 0 Å². The van der Waals surface area contributed by atoms with E-state index in [1.165, 1.54) is 31.2 Å². The van der Waals surface area contributed by atoms with E-state index in [1.54, 1.807) is 0 Å². The molecule has 1 saturated carbocycles. The van der Waals surface area contributed by atoms with Crippen LogP contribution < -0.4 is 16.4 Å². The second kappa shape index (κ2) is 8.40. The Morgan fingerprint density at radius 3 is 2.40 bits per heavy atom. The Morgan fingerprint density at radius 1 is 1.10 bits per heavy atom. The van der Waals surface area contributed by atoms with Crippen molar-refractivity contribution in [2.24, 2.45) is 5.73 Å². The summed E-state index contributed by atoms with van der Waals surface area (Å²) in [4.78, 5) is 0. The predicted octanol–water partition coefficient (Wildman–Crippen LogP) is 2.07. The quantitative estimate of drug-likeness (QED) is 0.714. The lowest BCUT2D eigenvalue weighted by Crippen LogP contribution is -2.52. The van der Waals surface area contributed by atoms with E-state index < -0.39 is 0 Å². The molecule has 0 unspecified atom stereocenters. The SMILES string of the molecule is CCN[C@@H]1CCCC[C@H]1NC[C@@H](N)Cc1ccccc1. The van der Waals surface area contributed by atoms with E-state index in [0.717, 1.165) is 19.5 Å². The third-order valence-corrected chi connectivity index (χ3v) is 4.22. The first-order chi connectivity index (χ1) is 9.79. The highest BCUT2D eigenvalue weighted by atomic mass is 15.0.